The number of nitrogens with two attached hydrogens (primary N) is 1. The van der Waals surface area contributed by atoms with Gasteiger partial charge in [0.25, 0.3) is 0 Å². The summed E-state index contributed by atoms with van der Waals surface area (Å²) in [5.41, 5.74) is 7.48. The van der Waals surface area contributed by atoms with Crippen molar-refractivity contribution in [1.82, 2.24) is 0 Å². The van der Waals surface area contributed by atoms with Crippen LogP contribution in [-0.4, -0.2) is 7.05 Å². The average Bonchev–Trinajstić information content (AvgIpc) is 2.32. The molecule has 0 spiro atoms. The molecule has 2 N–H and O–H groups in total. The monoisotopic (exact) mass is 294 g/mol. The lowest BCUT2D eigenvalue weighted by atomic mass is 10.2. The van der Waals surface area contributed by atoms with Crippen LogP contribution in [0.2, 0.25) is 0 Å². The van der Waals surface area contributed by atoms with E-state index in [1.54, 1.807) is 12.1 Å². The van der Waals surface area contributed by atoms with Gasteiger partial charge in [-0.3, -0.25) is 0 Å². The van der Waals surface area contributed by atoms with Gasteiger partial charge in [0.05, 0.1) is 17.1 Å². The first-order valence-electron chi connectivity index (χ1n) is 5.13. The third-order valence-corrected chi connectivity index (χ3v) is 3.28. The molecule has 88 valence electrons. The molecule has 0 fully saturated rings. The number of rotatable bonds is 2. The number of nitrogen functional groups attached to an aromatic ring is 1. The summed E-state index contributed by atoms with van der Waals surface area (Å²) in [7, 11) is 1.85. The van der Waals surface area contributed by atoms with Crippen molar-refractivity contribution >= 4 is 33.0 Å². The van der Waals surface area contributed by atoms with Crippen LogP contribution in [0.4, 0.5) is 21.5 Å². The van der Waals surface area contributed by atoms with Crippen LogP contribution in [0.1, 0.15) is 0 Å². The maximum Gasteiger partial charge on any atom is 0.148 e. The molecule has 4 heteroatoms. The zero-order valence-electron chi connectivity index (χ0n) is 9.32. The van der Waals surface area contributed by atoms with Crippen LogP contribution < -0.4 is 10.6 Å². The molecule has 2 aromatic rings. The minimum absolute atomic E-state index is 0.158. The molecule has 0 aliphatic carbocycles. The molecule has 0 amide bonds. The number of nitrogens with zero attached hydrogens (tertiary/aromatic N) is 1. The van der Waals surface area contributed by atoms with Crippen molar-refractivity contribution < 1.29 is 4.39 Å². The van der Waals surface area contributed by atoms with Gasteiger partial charge in [-0.05, 0) is 40.2 Å². The first-order chi connectivity index (χ1) is 8.11. The standard InChI is InChI=1S/C13H12BrFN2/c1-17(11-7-3-2-5-9(11)14)12-8-4-6-10(15)13(12)16/h2-8H,16H2,1H3. The number of halogens is 2. The minimum atomic E-state index is -0.401. The number of hydrogen-bond donors (Lipinski definition) is 1. The Morgan fingerprint density at radius 3 is 2.41 bits per heavy atom. The molecule has 0 radical (unpaired) electrons. The number of anilines is 3. The highest BCUT2D eigenvalue weighted by Gasteiger charge is 2.12. The first kappa shape index (κ1) is 11.9. The molecular formula is C13H12BrFN2. The topological polar surface area (TPSA) is 29.3 Å². The molecule has 0 saturated heterocycles. The zero-order chi connectivity index (χ0) is 12.4. The SMILES string of the molecule is CN(c1ccccc1Br)c1cccc(F)c1N. The maximum absolute atomic E-state index is 13.4. The molecule has 0 heterocycles. The summed E-state index contributed by atoms with van der Waals surface area (Å²) in [6.45, 7) is 0. The van der Waals surface area contributed by atoms with Crippen LogP contribution in [-0.2, 0) is 0 Å². The summed E-state index contributed by atoms with van der Waals surface area (Å²) < 4.78 is 14.3. The van der Waals surface area contributed by atoms with Crippen LogP contribution in [0.25, 0.3) is 0 Å². The lowest BCUT2D eigenvalue weighted by Crippen LogP contribution is -2.12. The van der Waals surface area contributed by atoms with E-state index < -0.39 is 5.82 Å². The van der Waals surface area contributed by atoms with Gasteiger partial charge in [0.1, 0.15) is 5.82 Å². The van der Waals surface area contributed by atoms with Crippen molar-refractivity contribution in [3.8, 4) is 0 Å². The second kappa shape index (κ2) is 4.75. The zero-order valence-corrected chi connectivity index (χ0v) is 10.9. The molecule has 0 aliphatic heterocycles. The van der Waals surface area contributed by atoms with Crippen molar-refractivity contribution in [2.24, 2.45) is 0 Å². The summed E-state index contributed by atoms with van der Waals surface area (Å²) in [5, 5.41) is 0. The minimum Gasteiger partial charge on any atom is -0.395 e. The van der Waals surface area contributed by atoms with Gasteiger partial charge in [-0.2, -0.15) is 0 Å². The van der Waals surface area contributed by atoms with Gasteiger partial charge in [0.2, 0.25) is 0 Å². The van der Waals surface area contributed by atoms with Gasteiger partial charge in [-0.25, -0.2) is 4.39 Å². The quantitative estimate of drug-likeness (QED) is 0.850. The van der Waals surface area contributed by atoms with E-state index in [2.05, 4.69) is 15.9 Å². The fourth-order valence-electron chi connectivity index (χ4n) is 1.67. The molecule has 0 bridgehead atoms. The highest BCUT2D eigenvalue weighted by Crippen LogP contribution is 2.34. The Bertz CT molecular complexity index is 543. The van der Waals surface area contributed by atoms with Gasteiger partial charge in [-0.15, -0.1) is 0 Å². The molecule has 0 atom stereocenters. The van der Waals surface area contributed by atoms with E-state index in [1.807, 2.05) is 36.2 Å². The molecule has 0 aromatic heterocycles. The Balaban J connectivity index is 2.48. The van der Waals surface area contributed by atoms with Crippen LogP contribution >= 0.6 is 15.9 Å². The van der Waals surface area contributed by atoms with E-state index in [4.69, 9.17) is 5.73 Å². The van der Waals surface area contributed by atoms with E-state index in [0.29, 0.717) is 5.69 Å². The summed E-state index contributed by atoms with van der Waals surface area (Å²) in [4.78, 5) is 1.85. The van der Waals surface area contributed by atoms with Gasteiger partial charge < -0.3 is 10.6 Å². The molecule has 2 nitrogen and oxygen atoms in total. The third kappa shape index (κ3) is 2.26. The van der Waals surface area contributed by atoms with E-state index in [-0.39, 0.29) is 5.69 Å². The highest BCUT2D eigenvalue weighted by atomic mass is 79.9. The van der Waals surface area contributed by atoms with Crippen LogP contribution in [0.3, 0.4) is 0 Å². The predicted molar refractivity (Wildman–Crippen MR) is 73.0 cm³/mol. The summed E-state index contributed by atoms with van der Waals surface area (Å²) in [6, 6.07) is 12.5. The highest BCUT2D eigenvalue weighted by molar-refractivity contribution is 9.10. The van der Waals surface area contributed by atoms with Crippen LogP contribution in [0.15, 0.2) is 46.9 Å². The van der Waals surface area contributed by atoms with Crippen LogP contribution in [0, 0.1) is 5.82 Å². The van der Waals surface area contributed by atoms with Crippen molar-refractivity contribution in [2.75, 3.05) is 17.7 Å². The van der Waals surface area contributed by atoms with Gasteiger partial charge in [-0.1, -0.05) is 18.2 Å². The van der Waals surface area contributed by atoms with Gasteiger partial charge in [0, 0.05) is 11.5 Å². The van der Waals surface area contributed by atoms with Crippen molar-refractivity contribution in [3.63, 3.8) is 0 Å². The molecular weight excluding hydrogens is 283 g/mol. The molecule has 0 unspecified atom stereocenters. The molecule has 17 heavy (non-hydrogen) atoms. The Morgan fingerprint density at radius 2 is 1.71 bits per heavy atom. The smallest absolute Gasteiger partial charge is 0.148 e. The third-order valence-electron chi connectivity index (χ3n) is 2.61. The normalized spacial score (nSPS) is 10.3. The predicted octanol–water partition coefficient (Wildman–Crippen LogP) is 3.94. The van der Waals surface area contributed by atoms with Crippen molar-refractivity contribution in [3.05, 3.63) is 52.8 Å². The summed E-state index contributed by atoms with van der Waals surface area (Å²) >= 11 is 3.46. The van der Waals surface area contributed by atoms with E-state index in [0.717, 1.165) is 10.2 Å². The lowest BCUT2D eigenvalue weighted by Gasteiger charge is -2.22. The Hall–Kier alpha value is -1.55. The van der Waals surface area contributed by atoms with Crippen LogP contribution in [0.5, 0.6) is 0 Å². The second-order valence-electron chi connectivity index (χ2n) is 3.68. The van der Waals surface area contributed by atoms with Crippen molar-refractivity contribution in [2.45, 2.75) is 0 Å². The summed E-state index contributed by atoms with van der Waals surface area (Å²) in [5.74, 6) is -0.401. The fourth-order valence-corrected chi connectivity index (χ4v) is 2.22. The largest absolute Gasteiger partial charge is 0.395 e. The van der Waals surface area contributed by atoms with Gasteiger partial charge in [0.15, 0.2) is 0 Å². The Kier molecular flexibility index (Phi) is 3.33. The Labute approximate surface area is 108 Å². The van der Waals surface area contributed by atoms with E-state index in [9.17, 15) is 4.39 Å². The van der Waals surface area contributed by atoms with E-state index >= 15 is 0 Å². The second-order valence-corrected chi connectivity index (χ2v) is 4.54. The number of benzene rings is 2. The van der Waals surface area contributed by atoms with Crippen molar-refractivity contribution in [1.29, 1.82) is 0 Å². The molecule has 0 aliphatic rings. The lowest BCUT2D eigenvalue weighted by molar-refractivity contribution is 0.632. The first-order valence-corrected chi connectivity index (χ1v) is 5.93. The fraction of sp³-hybridized carbons (Fsp3) is 0.0769. The van der Waals surface area contributed by atoms with E-state index in [1.165, 1.54) is 6.07 Å². The Morgan fingerprint density at radius 1 is 1.06 bits per heavy atom. The average molecular weight is 295 g/mol. The molecule has 2 rings (SSSR count). The number of hydrogen-bond acceptors (Lipinski definition) is 2. The summed E-state index contributed by atoms with van der Waals surface area (Å²) in [6.07, 6.45) is 0. The maximum atomic E-state index is 13.4. The molecule has 2 aromatic carbocycles. The van der Waals surface area contributed by atoms with Gasteiger partial charge >= 0.3 is 0 Å². The molecule has 0 saturated carbocycles. The number of para-hydroxylation sites is 2.